The predicted molar refractivity (Wildman–Crippen MR) is 81.7 cm³/mol. The van der Waals surface area contributed by atoms with E-state index in [1.54, 1.807) is 17.0 Å². The first-order chi connectivity index (χ1) is 9.39. The first kappa shape index (κ1) is 15.1. The van der Waals surface area contributed by atoms with Gasteiger partial charge in [0.25, 0.3) is 5.91 Å². The lowest BCUT2D eigenvalue weighted by Crippen LogP contribution is -2.36. The summed E-state index contributed by atoms with van der Waals surface area (Å²) in [5.41, 5.74) is -0.443. The van der Waals surface area contributed by atoms with E-state index in [1.807, 2.05) is 29.5 Å². The summed E-state index contributed by atoms with van der Waals surface area (Å²) in [6.07, 6.45) is 0.977. The van der Waals surface area contributed by atoms with Gasteiger partial charge < -0.3 is 15.1 Å². The molecule has 0 aliphatic carbocycles. The number of aromatic hydroxyl groups is 1. The van der Waals surface area contributed by atoms with Crippen LogP contribution in [0.15, 0.2) is 18.2 Å². The molecule has 1 aliphatic heterocycles. The zero-order valence-electron chi connectivity index (χ0n) is 11.1. The maximum Gasteiger partial charge on any atom is 0.311 e. The fourth-order valence-electron chi connectivity index (χ4n) is 2.49. The lowest BCUT2D eigenvalue weighted by molar-refractivity contribution is -0.148. The lowest BCUT2D eigenvalue weighted by Gasteiger charge is -2.23. The van der Waals surface area contributed by atoms with E-state index in [0.29, 0.717) is 28.5 Å². The van der Waals surface area contributed by atoms with Gasteiger partial charge in [-0.3, -0.25) is 9.59 Å². The van der Waals surface area contributed by atoms with E-state index in [0.717, 1.165) is 0 Å². The largest absolute Gasteiger partial charge is 0.507 e. The molecule has 1 fully saturated rings. The highest BCUT2D eigenvalue weighted by Crippen LogP contribution is 2.35. The average molecular weight is 389 g/mol. The number of benzene rings is 1. The SMILES string of the molecule is CCC1(C(=O)O)CCN(C(=O)c2ccc(I)c(O)c2)C1. The molecule has 1 unspecified atom stereocenters. The minimum absolute atomic E-state index is 0.0654. The van der Waals surface area contributed by atoms with Crippen LogP contribution >= 0.6 is 22.6 Å². The van der Waals surface area contributed by atoms with Crippen molar-refractivity contribution in [3.63, 3.8) is 0 Å². The summed E-state index contributed by atoms with van der Waals surface area (Å²) >= 11 is 1.98. The molecular weight excluding hydrogens is 373 g/mol. The van der Waals surface area contributed by atoms with Crippen LogP contribution < -0.4 is 0 Å². The Bertz CT molecular complexity index is 560. The topological polar surface area (TPSA) is 77.8 Å². The summed E-state index contributed by atoms with van der Waals surface area (Å²) in [4.78, 5) is 25.3. The van der Waals surface area contributed by atoms with Crippen molar-refractivity contribution in [2.24, 2.45) is 5.41 Å². The number of rotatable bonds is 3. The Hall–Kier alpha value is -1.31. The molecule has 1 aromatic rings. The van der Waals surface area contributed by atoms with Crippen molar-refractivity contribution in [3.05, 3.63) is 27.3 Å². The van der Waals surface area contributed by atoms with E-state index in [4.69, 9.17) is 0 Å². The van der Waals surface area contributed by atoms with E-state index in [2.05, 4.69) is 0 Å². The number of carboxylic acid groups (broad SMARTS) is 1. The summed E-state index contributed by atoms with van der Waals surface area (Å²) in [6, 6.07) is 4.75. The van der Waals surface area contributed by atoms with E-state index < -0.39 is 11.4 Å². The molecule has 0 aromatic heterocycles. The Morgan fingerprint density at radius 2 is 2.15 bits per heavy atom. The molecule has 2 N–H and O–H groups in total. The Morgan fingerprint density at radius 1 is 1.45 bits per heavy atom. The van der Waals surface area contributed by atoms with Crippen molar-refractivity contribution in [1.29, 1.82) is 0 Å². The van der Waals surface area contributed by atoms with E-state index in [9.17, 15) is 19.8 Å². The van der Waals surface area contributed by atoms with Gasteiger partial charge in [-0.1, -0.05) is 6.92 Å². The standard InChI is InChI=1S/C14H16INO4/c1-2-14(13(19)20)5-6-16(8-14)12(18)9-3-4-10(15)11(17)7-9/h3-4,7,17H,2,5-6,8H2,1H3,(H,19,20). The van der Waals surface area contributed by atoms with Crippen LogP contribution in [0.2, 0.25) is 0 Å². The fraction of sp³-hybridized carbons (Fsp3) is 0.429. The van der Waals surface area contributed by atoms with Crippen molar-refractivity contribution in [2.75, 3.05) is 13.1 Å². The lowest BCUT2D eigenvalue weighted by atomic mass is 9.84. The minimum Gasteiger partial charge on any atom is -0.507 e. The molecule has 2 rings (SSSR count). The number of hydrogen-bond donors (Lipinski definition) is 2. The van der Waals surface area contributed by atoms with Crippen molar-refractivity contribution >= 4 is 34.5 Å². The Morgan fingerprint density at radius 3 is 2.65 bits per heavy atom. The highest BCUT2D eigenvalue weighted by Gasteiger charge is 2.44. The van der Waals surface area contributed by atoms with Gasteiger partial charge in [0.05, 0.1) is 8.99 Å². The highest BCUT2D eigenvalue weighted by molar-refractivity contribution is 14.1. The van der Waals surface area contributed by atoms with E-state index in [-0.39, 0.29) is 18.2 Å². The molecule has 0 bridgehead atoms. The molecule has 1 amide bonds. The Kier molecular flexibility index (Phi) is 4.22. The molecule has 108 valence electrons. The highest BCUT2D eigenvalue weighted by atomic mass is 127. The molecule has 0 radical (unpaired) electrons. The first-order valence-corrected chi connectivity index (χ1v) is 7.49. The molecule has 1 atom stereocenters. The molecule has 5 nitrogen and oxygen atoms in total. The van der Waals surface area contributed by atoms with Gasteiger partial charge in [0.2, 0.25) is 0 Å². The van der Waals surface area contributed by atoms with Gasteiger partial charge in [-0.15, -0.1) is 0 Å². The maximum atomic E-state index is 12.4. The second kappa shape index (κ2) is 5.59. The quantitative estimate of drug-likeness (QED) is 0.778. The Balaban J connectivity index is 2.19. The molecule has 0 spiro atoms. The van der Waals surface area contributed by atoms with Gasteiger partial charge >= 0.3 is 5.97 Å². The van der Waals surface area contributed by atoms with E-state index in [1.165, 1.54) is 6.07 Å². The van der Waals surface area contributed by atoms with Gasteiger partial charge in [-0.25, -0.2) is 0 Å². The molecule has 1 saturated heterocycles. The number of amides is 1. The first-order valence-electron chi connectivity index (χ1n) is 6.41. The third kappa shape index (κ3) is 2.61. The summed E-state index contributed by atoms with van der Waals surface area (Å²) in [5.74, 6) is -1.01. The molecule has 0 saturated carbocycles. The van der Waals surface area contributed by atoms with Gasteiger partial charge in [0.1, 0.15) is 5.75 Å². The number of likely N-dealkylation sites (tertiary alicyclic amines) is 1. The van der Waals surface area contributed by atoms with Crippen LogP contribution in [0.1, 0.15) is 30.1 Å². The second-order valence-corrected chi connectivity index (χ2v) is 6.24. The predicted octanol–water partition coefficient (Wildman–Crippen LogP) is 2.32. The number of phenolic OH excluding ortho intramolecular Hbond substituents is 1. The van der Waals surface area contributed by atoms with Gasteiger partial charge in [-0.2, -0.15) is 0 Å². The third-order valence-corrected chi connectivity index (χ3v) is 4.88. The van der Waals surface area contributed by atoms with Gasteiger partial charge in [0.15, 0.2) is 0 Å². The van der Waals surface area contributed by atoms with Gasteiger partial charge in [-0.05, 0) is 53.6 Å². The van der Waals surface area contributed by atoms with Gasteiger partial charge in [0, 0.05) is 18.7 Å². The number of hydrogen-bond acceptors (Lipinski definition) is 3. The van der Waals surface area contributed by atoms with Crippen LogP contribution in [-0.4, -0.2) is 40.1 Å². The van der Waals surface area contributed by atoms with E-state index >= 15 is 0 Å². The maximum absolute atomic E-state index is 12.4. The fourth-order valence-corrected chi connectivity index (χ4v) is 2.82. The molecule has 1 aromatic carbocycles. The molecular formula is C14H16INO4. The molecule has 1 heterocycles. The van der Waals surface area contributed by atoms with Crippen molar-refractivity contribution < 1.29 is 19.8 Å². The van der Waals surface area contributed by atoms with Crippen molar-refractivity contribution in [2.45, 2.75) is 19.8 Å². The monoisotopic (exact) mass is 389 g/mol. The molecule has 1 aliphatic rings. The minimum atomic E-state index is -0.847. The zero-order valence-corrected chi connectivity index (χ0v) is 13.3. The van der Waals surface area contributed by atoms with Crippen LogP contribution in [0.5, 0.6) is 5.75 Å². The van der Waals surface area contributed by atoms with Crippen LogP contribution in [0.3, 0.4) is 0 Å². The van der Waals surface area contributed by atoms with Crippen LogP contribution in [0, 0.1) is 8.99 Å². The molecule has 6 heteroatoms. The summed E-state index contributed by atoms with van der Waals surface area (Å²) < 4.78 is 0.675. The van der Waals surface area contributed by atoms with Crippen molar-refractivity contribution in [1.82, 2.24) is 4.90 Å². The number of carbonyl (C=O) groups is 2. The summed E-state index contributed by atoms with van der Waals surface area (Å²) in [6.45, 7) is 2.49. The zero-order chi connectivity index (χ0) is 14.9. The number of carboxylic acids is 1. The van der Waals surface area contributed by atoms with Crippen molar-refractivity contribution in [3.8, 4) is 5.75 Å². The number of nitrogens with zero attached hydrogens (tertiary/aromatic N) is 1. The number of aliphatic carboxylic acids is 1. The van der Waals surface area contributed by atoms with Crippen LogP contribution in [0.25, 0.3) is 0 Å². The second-order valence-electron chi connectivity index (χ2n) is 5.08. The average Bonchev–Trinajstić information content (AvgIpc) is 2.87. The Labute approximate surface area is 130 Å². The smallest absolute Gasteiger partial charge is 0.311 e. The third-order valence-electron chi connectivity index (χ3n) is 3.96. The number of carbonyl (C=O) groups excluding carboxylic acids is 1. The summed E-state index contributed by atoms with van der Waals surface area (Å²) in [7, 11) is 0. The van der Waals surface area contributed by atoms with Crippen LogP contribution in [0.4, 0.5) is 0 Å². The van der Waals surface area contributed by atoms with Crippen LogP contribution in [-0.2, 0) is 4.79 Å². The number of halogens is 1. The summed E-state index contributed by atoms with van der Waals surface area (Å²) in [5, 5.41) is 19.0. The normalized spacial score (nSPS) is 22.0. The molecule has 20 heavy (non-hydrogen) atoms. The number of phenols is 1.